The van der Waals surface area contributed by atoms with Gasteiger partial charge in [0.1, 0.15) is 0 Å². The largest absolute Gasteiger partial charge is 0.338 e. The van der Waals surface area contributed by atoms with E-state index in [0.29, 0.717) is 6.04 Å². The number of carbonyl (C=O) groups is 1. The lowest BCUT2D eigenvalue weighted by Crippen LogP contribution is -2.54. The number of rotatable bonds is 2. The normalized spacial score (nSPS) is 30.3. The summed E-state index contributed by atoms with van der Waals surface area (Å²) in [7, 11) is 1.87. The van der Waals surface area contributed by atoms with Gasteiger partial charge in [0.2, 0.25) is 5.91 Å². The highest BCUT2D eigenvalue weighted by atomic mass is 16.2. The number of hydrogen-bond acceptors (Lipinski definition) is 2. The van der Waals surface area contributed by atoms with Gasteiger partial charge in [-0.1, -0.05) is 12.8 Å². The van der Waals surface area contributed by atoms with Crippen LogP contribution in [-0.2, 0) is 4.79 Å². The first-order valence-corrected chi connectivity index (χ1v) is 6.56. The third kappa shape index (κ3) is 1.97. The van der Waals surface area contributed by atoms with E-state index in [9.17, 15) is 4.79 Å². The maximum Gasteiger partial charge on any atom is 0.242 e. The molecule has 2 rings (SSSR count). The predicted molar refractivity (Wildman–Crippen MR) is 65.2 cm³/mol. The standard InChI is InChI=1S/C13H24N2O/c1-13(2,14-3)12(16)15-9-8-10-6-4-5-7-11(10)15/h10-11,14H,4-9H2,1-3H3. The first-order valence-electron chi connectivity index (χ1n) is 6.56. The molecule has 1 aliphatic heterocycles. The van der Waals surface area contributed by atoms with Gasteiger partial charge in [0, 0.05) is 12.6 Å². The number of fused-ring (bicyclic) bond motifs is 1. The lowest BCUT2D eigenvalue weighted by atomic mass is 9.85. The van der Waals surface area contributed by atoms with Crippen LogP contribution in [-0.4, -0.2) is 36.0 Å². The number of nitrogens with one attached hydrogen (secondary N) is 1. The molecule has 1 saturated heterocycles. The molecule has 2 atom stereocenters. The second kappa shape index (κ2) is 4.36. The van der Waals surface area contributed by atoms with E-state index in [1.165, 1.54) is 32.1 Å². The van der Waals surface area contributed by atoms with Crippen molar-refractivity contribution in [3.05, 3.63) is 0 Å². The zero-order valence-corrected chi connectivity index (χ0v) is 10.8. The van der Waals surface area contributed by atoms with Crippen LogP contribution in [0.15, 0.2) is 0 Å². The van der Waals surface area contributed by atoms with Crippen LogP contribution in [0.2, 0.25) is 0 Å². The smallest absolute Gasteiger partial charge is 0.242 e. The van der Waals surface area contributed by atoms with E-state index < -0.39 is 5.54 Å². The number of hydrogen-bond donors (Lipinski definition) is 1. The van der Waals surface area contributed by atoms with Gasteiger partial charge in [-0.05, 0) is 46.1 Å². The van der Waals surface area contributed by atoms with E-state index in [-0.39, 0.29) is 5.91 Å². The number of amides is 1. The van der Waals surface area contributed by atoms with E-state index in [1.54, 1.807) is 0 Å². The van der Waals surface area contributed by atoms with Crippen molar-refractivity contribution >= 4 is 5.91 Å². The van der Waals surface area contributed by atoms with Crippen LogP contribution in [0.25, 0.3) is 0 Å². The molecule has 1 N–H and O–H groups in total. The zero-order chi connectivity index (χ0) is 11.8. The molecule has 0 spiro atoms. The van der Waals surface area contributed by atoms with Crippen molar-refractivity contribution in [2.24, 2.45) is 5.92 Å². The van der Waals surface area contributed by atoms with E-state index in [4.69, 9.17) is 0 Å². The minimum Gasteiger partial charge on any atom is -0.338 e. The van der Waals surface area contributed by atoms with Crippen LogP contribution >= 0.6 is 0 Å². The molecule has 2 unspecified atom stereocenters. The second-order valence-electron chi connectivity index (χ2n) is 5.77. The van der Waals surface area contributed by atoms with Gasteiger partial charge >= 0.3 is 0 Å². The van der Waals surface area contributed by atoms with Gasteiger partial charge in [-0.3, -0.25) is 4.79 Å². The lowest BCUT2D eigenvalue weighted by molar-refractivity contribution is -0.138. The van der Waals surface area contributed by atoms with E-state index >= 15 is 0 Å². The van der Waals surface area contributed by atoms with Crippen LogP contribution in [0.4, 0.5) is 0 Å². The van der Waals surface area contributed by atoms with Crippen LogP contribution in [0.1, 0.15) is 46.0 Å². The Morgan fingerprint density at radius 1 is 1.25 bits per heavy atom. The van der Waals surface area contributed by atoms with Gasteiger partial charge < -0.3 is 10.2 Å². The molecule has 3 heteroatoms. The fourth-order valence-corrected chi connectivity index (χ4v) is 3.12. The minimum absolute atomic E-state index is 0.282. The average molecular weight is 224 g/mol. The summed E-state index contributed by atoms with van der Waals surface area (Å²) in [6, 6.07) is 0.536. The van der Waals surface area contributed by atoms with E-state index in [1.807, 2.05) is 20.9 Å². The quantitative estimate of drug-likeness (QED) is 0.775. The SMILES string of the molecule is CNC(C)(C)C(=O)N1CCC2CCCCC21. The fraction of sp³-hybridized carbons (Fsp3) is 0.923. The van der Waals surface area contributed by atoms with Gasteiger partial charge in [-0.15, -0.1) is 0 Å². The Hall–Kier alpha value is -0.570. The molecule has 2 fully saturated rings. The van der Waals surface area contributed by atoms with Crippen LogP contribution in [0, 0.1) is 5.92 Å². The summed E-state index contributed by atoms with van der Waals surface area (Å²) < 4.78 is 0. The third-order valence-electron chi connectivity index (χ3n) is 4.43. The molecular weight excluding hydrogens is 200 g/mol. The van der Waals surface area contributed by atoms with Crippen molar-refractivity contribution in [1.29, 1.82) is 0 Å². The Labute approximate surface area is 98.6 Å². The topological polar surface area (TPSA) is 32.3 Å². The summed E-state index contributed by atoms with van der Waals surface area (Å²) in [4.78, 5) is 14.6. The Bertz CT molecular complexity index is 275. The maximum atomic E-state index is 12.4. The molecule has 1 aliphatic carbocycles. The predicted octanol–water partition coefficient (Wildman–Crippen LogP) is 1.78. The molecule has 1 saturated carbocycles. The molecule has 3 nitrogen and oxygen atoms in total. The van der Waals surface area contributed by atoms with Crippen molar-refractivity contribution < 1.29 is 4.79 Å². The molecule has 2 aliphatic rings. The van der Waals surface area contributed by atoms with Gasteiger partial charge in [-0.25, -0.2) is 0 Å². The lowest BCUT2D eigenvalue weighted by Gasteiger charge is -2.36. The van der Waals surface area contributed by atoms with Crippen LogP contribution in [0.5, 0.6) is 0 Å². The number of likely N-dealkylation sites (tertiary alicyclic amines) is 1. The molecule has 0 radical (unpaired) electrons. The van der Waals surface area contributed by atoms with Gasteiger partial charge in [0.25, 0.3) is 0 Å². The van der Waals surface area contributed by atoms with E-state index in [0.717, 1.165) is 12.5 Å². The molecule has 0 aromatic heterocycles. The summed E-state index contributed by atoms with van der Waals surface area (Å²) >= 11 is 0. The number of carbonyl (C=O) groups excluding carboxylic acids is 1. The molecule has 0 aromatic rings. The van der Waals surface area contributed by atoms with Gasteiger partial charge in [0.05, 0.1) is 5.54 Å². The van der Waals surface area contributed by atoms with Gasteiger partial charge in [0.15, 0.2) is 0 Å². The van der Waals surface area contributed by atoms with Crippen LogP contribution in [0.3, 0.4) is 0 Å². The second-order valence-corrected chi connectivity index (χ2v) is 5.77. The third-order valence-corrected chi connectivity index (χ3v) is 4.43. The summed E-state index contributed by atoms with van der Waals surface area (Å²) in [5.41, 5.74) is -0.410. The van der Waals surface area contributed by atoms with E-state index in [2.05, 4.69) is 10.2 Å². The highest BCUT2D eigenvalue weighted by molar-refractivity contribution is 5.86. The van der Waals surface area contributed by atoms with Crippen molar-refractivity contribution in [2.45, 2.75) is 57.5 Å². The first kappa shape index (κ1) is 11.9. The van der Waals surface area contributed by atoms with Crippen molar-refractivity contribution in [2.75, 3.05) is 13.6 Å². The molecule has 92 valence electrons. The summed E-state index contributed by atoms with van der Waals surface area (Å²) in [5, 5.41) is 3.12. The molecule has 16 heavy (non-hydrogen) atoms. The van der Waals surface area contributed by atoms with Gasteiger partial charge in [-0.2, -0.15) is 0 Å². The molecular formula is C13H24N2O. The zero-order valence-electron chi connectivity index (χ0n) is 10.8. The number of likely N-dealkylation sites (N-methyl/N-ethyl adjacent to an activating group) is 1. The Balaban J connectivity index is 2.07. The van der Waals surface area contributed by atoms with Crippen molar-refractivity contribution in [3.8, 4) is 0 Å². The van der Waals surface area contributed by atoms with Crippen LogP contribution < -0.4 is 5.32 Å². The molecule has 0 aromatic carbocycles. The monoisotopic (exact) mass is 224 g/mol. The Morgan fingerprint density at radius 2 is 1.94 bits per heavy atom. The maximum absolute atomic E-state index is 12.4. The average Bonchev–Trinajstić information content (AvgIpc) is 2.71. The Morgan fingerprint density at radius 3 is 2.62 bits per heavy atom. The minimum atomic E-state index is -0.410. The summed E-state index contributed by atoms with van der Waals surface area (Å²) in [6.45, 7) is 4.93. The molecule has 0 bridgehead atoms. The highest BCUT2D eigenvalue weighted by Crippen LogP contribution is 2.37. The number of nitrogens with zero attached hydrogens (tertiary/aromatic N) is 1. The van der Waals surface area contributed by atoms with Crippen molar-refractivity contribution in [3.63, 3.8) is 0 Å². The Kier molecular flexibility index (Phi) is 3.24. The molecule has 1 amide bonds. The highest BCUT2D eigenvalue weighted by Gasteiger charge is 2.42. The fourth-order valence-electron chi connectivity index (χ4n) is 3.12. The van der Waals surface area contributed by atoms with Crippen molar-refractivity contribution in [1.82, 2.24) is 10.2 Å². The summed E-state index contributed by atoms with van der Waals surface area (Å²) in [5.74, 6) is 1.06. The first-order chi connectivity index (χ1) is 7.56. The molecule has 1 heterocycles. The summed E-state index contributed by atoms with van der Waals surface area (Å²) in [6.07, 6.45) is 6.42.